The van der Waals surface area contributed by atoms with Gasteiger partial charge in [-0.3, -0.25) is 9.89 Å². The number of benzene rings is 1. The van der Waals surface area contributed by atoms with Gasteiger partial charge in [0.25, 0.3) is 0 Å². The maximum absolute atomic E-state index is 5.69. The van der Waals surface area contributed by atoms with E-state index in [1.165, 1.54) is 12.8 Å². The normalized spacial score (nSPS) is 14.6. The number of ether oxygens (including phenoxy) is 2. The van der Waals surface area contributed by atoms with E-state index < -0.39 is 0 Å². The molecule has 2 N–H and O–H groups in total. The summed E-state index contributed by atoms with van der Waals surface area (Å²) in [5, 5.41) is 6.61. The van der Waals surface area contributed by atoms with Gasteiger partial charge in [-0.15, -0.1) is 0 Å². The van der Waals surface area contributed by atoms with E-state index in [-0.39, 0.29) is 0 Å². The number of hydrogen-bond donors (Lipinski definition) is 2. The SMILES string of the molecule is CCNC(=NCCN(CCOC)C1CC1)NCCOc1ccccc1. The van der Waals surface area contributed by atoms with Crippen molar-refractivity contribution in [1.29, 1.82) is 0 Å². The van der Waals surface area contributed by atoms with Crippen molar-refractivity contribution in [2.75, 3.05) is 53.0 Å². The molecular weight excluding hydrogens is 316 g/mol. The van der Waals surface area contributed by atoms with Gasteiger partial charge in [0.2, 0.25) is 0 Å². The molecule has 6 nitrogen and oxygen atoms in total. The molecular formula is C19H32N4O2. The number of rotatable bonds is 12. The largest absolute Gasteiger partial charge is 0.492 e. The molecule has 1 saturated carbocycles. The summed E-state index contributed by atoms with van der Waals surface area (Å²) in [5.74, 6) is 1.74. The van der Waals surface area contributed by atoms with Crippen LogP contribution in [0.25, 0.3) is 0 Å². The molecule has 0 aliphatic heterocycles. The third kappa shape index (κ3) is 8.23. The van der Waals surface area contributed by atoms with E-state index in [0.29, 0.717) is 6.61 Å². The van der Waals surface area contributed by atoms with Gasteiger partial charge in [0.1, 0.15) is 12.4 Å². The minimum atomic E-state index is 0.608. The zero-order valence-corrected chi connectivity index (χ0v) is 15.5. The first-order chi connectivity index (χ1) is 12.3. The van der Waals surface area contributed by atoms with Gasteiger partial charge in [0.15, 0.2) is 5.96 Å². The van der Waals surface area contributed by atoms with E-state index in [2.05, 4.69) is 27.4 Å². The Morgan fingerprint density at radius 2 is 1.96 bits per heavy atom. The predicted molar refractivity (Wildman–Crippen MR) is 102 cm³/mol. The molecule has 1 aliphatic carbocycles. The van der Waals surface area contributed by atoms with Crippen LogP contribution in [0.4, 0.5) is 0 Å². The highest BCUT2D eigenvalue weighted by molar-refractivity contribution is 5.79. The van der Waals surface area contributed by atoms with Gasteiger partial charge < -0.3 is 20.1 Å². The van der Waals surface area contributed by atoms with Crippen molar-refractivity contribution >= 4 is 5.96 Å². The fourth-order valence-electron chi connectivity index (χ4n) is 2.61. The Kier molecular flexibility index (Phi) is 9.15. The van der Waals surface area contributed by atoms with E-state index in [4.69, 9.17) is 9.47 Å². The van der Waals surface area contributed by atoms with Gasteiger partial charge in [-0.2, -0.15) is 0 Å². The van der Waals surface area contributed by atoms with E-state index in [9.17, 15) is 0 Å². The van der Waals surface area contributed by atoms with Crippen molar-refractivity contribution in [3.63, 3.8) is 0 Å². The molecule has 1 aliphatic rings. The predicted octanol–water partition coefficient (Wildman–Crippen LogP) is 1.73. The molecule has 1 fully saturated rings. The molecule has 0 radical (unpaired) electrons. The summed E-state index contributed by atoms with van der Waals surface area (Å²) in [4.78, 5) is 7.15. The molecule has 0 aromatic heterocycles. The lowest BCUT2D eigenvalue weighted by molar-refractivity contribution is 0.145. The highest BCUT2D eigenvalue weighted by Crippen LogP contribution is 2.26. The van der Waals surface area contributed by atoms with Crippen molar-refractivity contribution in [2.24, 2.45) is 4.99 Å². The molecule has 140 valence electrons. The number of hydrogen-bond acceptors (Lipinski definition) is 4. The molecule has 0 spiro atoms. The van der Waals surface area contributed by atoms with Gasteiger partial charge in [-0.05, 0) is 31.9 Å². The fourth-order valence-corrected chi connectivity index (χ4v) is 2.61. The van der Waals surface area contributed by atoms with E-state index in [1.54, 1.807) is 7.11 Å². The van der Waals surface area contributed by atoms with Gasteiger partial charge >= 0.3 is 0 Å². The van der Waals surface area contributed by atoms with E-state index in [1.807, 2.05) is 30.3 Å². The Morgan fingerprint density at radius 3 is 2.64 bits per heavy atom. The van der Waals surface area contributed by atoms with Crippen LogP contribution >= 0.6 is 0 Å². The lowest BCUT2D eigenvalue weighted by atomic mass is 10.3. The van der Waals surface area contributed by atoms with Crippen LogP contribution in [0.3, 0.4) is 0 Å². The Labute approximate surface area is 151 Å². The van der Waals surface area contributed by atoms with Crippen molar-refractivity contribution in [3.05, 3.63) is 30.3 Å². The molecule has 1 aromatic rings. The first-order valence-electron chi connectivity index (χ1n) is 9.26. The molecule has 0 bridgehead atoms. The van der Waals surface area contributed by atoms with Crippen LogP contribution in [0.15, 0.2) is 35.3 Å². The fraction of sp³-hybridized carbons (Fsp3) is 0.632. The summed E-state index contributed by atoms with van der Waals surface area (Å²) >= 11 is 0. The van der Waals surface area contributed by atoms with Crippen LogP contribution in [0.5, 0.6) is 5.75 Å². The Hall–Kier alpha value is -1.79. The number of para-hydroxylation sites is 1. The van der Waals surface area contributed by atoms with Gasteiger partial charge in [-0.25, -0.2) is 0 Å². The van der Waals surface area contributed by atoms with Crippen LogP contribution < -0.4 is 15.4 Å². The summed E-state index contributed by atoms with van der Waals surface area (Å²) in [7, 11) is 1.76. The second-order valence-electron chi connectivity index (χ2n) is 6.11. The van der Waals surface area contributed by atoms with Gasteiger partial charge in [-0.1, -0.05) is 18.2 Å². The molecule has 0 saturated heterocycles. The Morgan fingerprint density at radius 1 is 1.16 bits per heavy atom. The van der Waals surface area contributed by atoms with E-state index >= 15 is 0 Å². The molecule has 6 heteroatoms. The van der Waals surface area contributed by atoms with Crippen LogP contribution in [-0.4, -0.2) is 69.9 Å². The molecule has 25 heavy (non-hydrogen) atoms. The molecule has 0 unspecified atom stereocenters. The Balaban J connectivity index is 1.68. The van der Waals surface area contributed by atoms with Crippen LogP contribution in [0, 0.1) is 0 Å². The topological polar surface area (TPSA) is 58.1 Å². The zero-order valence-electron chi connectivity index (χ0n) is 15.5. The lowest BCUT2D eigenvalue weighted by Crippen LogP contribution is -2.40. The van der Waals surface area contributed by atoms with Crippen LogP contribution in [0.1, 0.15) is 19.8 Å². The van der Waals surface area contributed by atoms with Crippen molar-refractivity contribution < 1.29 is 9.47 Å². The molecule has 1 aromatic carbocycles. The number of aliphatic imine (C=N–C) groups is 1. The molecule has 2 rings (SSSR count). The first-order valence-corrected chi connectivity index (χ1v) is 9.26. The van der Waals surface area contributed by atoms with Crippen molar-refractivity contribution in [3.8, 4) is 5.75 Å². The van der Waals surface area contributed by atoms with E-state index in [0.717, 1.165) is 57.1 Å². The maximum Gasteiger partial charge on any atom is 0.191 e. The smallest absolute Gasteiger partial charge is 0.191 e. The third-order valence-electron chi connectivity index (χ3n) is 4.05. The standard InChI is InChI=1S/C19H32N4O2/c1-3-20-19(22-12-15-25-18-7-5-4-6-8-18)21-11-13-23(14-16-24-2)17-9-10-17/h4-8,17H,3,9-16H2,1-2H3,(H2,20,21,22). The minimum Gasteiger partial charge on any atom is -0.492 e. The van der Waals surface area contributed by atoms with Gasteiger partial charge in [0.05, 0.1) is 19.7 Å². The van der Waals surface area contributed by atoms with Crippen LogP contribution in [0.2, 0.25) is 0 Å². The molecule has 0 amide bonds. The second-order valence-corrected chi connectivity index (χ2v) is 6.11. The average molecular weight is 348 g/mol. The summed E-state index contributed by atoms with van der Waals surface area (Å²) in [6.07, 6.45) is 2.62. The second kappa shape index (κ2) is 11.7. The summed E-state index contributed by atoms with van der Waals surface area (Å²) in [6, 6.07) is 10.6. The summed E-state index contributed by atoms with van der Waals surface area (Å²) in [5.41, 5.74) is 0. The van der Waals surface area contributed by atoms with Gasteiger partial charge in [0, 0.05) is 32.8 Å². The molecule has 0 atom stereocenters. The summed E-state index contributed by atoms with van der Waals surface area (Å²) < 4.78 is 10.9. The first kappa shape index (κ1) is 19.5. The zero-order chi connectivity index (χ0) is 17.7. The Bertz CT molecular complexity index is 491. The number of nitrogens with zero attached hydrogens (tertiary/aromatic N) is 2. The number of nitrogens with one attached hydrogen (secondary N) is 2. The molecule has 0 heterocycles. The quantitative estimate of drug-likeness (QED) is 0.342. The van der Waals surface area contributed by atoms with Crippen molar-refractivity contribution in [1.82, 2.24) is 15.5 Å². The number of methoxy groups -OCH3 is 1. The minimum absolute atomic E-state index is 0.608. The lowest BCUT2D eigenvalue weighted by Gasteiger charge is -2.20. The third-order valence-corrected chi connectivity index (χ3v) is 4.05. The summed E-state index contributed by atoms with van der Waals surface area (Å²) in [6.45, 7) is 7.79. The van der Waals surface area contributed by atoms with Crippen molar-refractivity contribution in [2.45, 2.75) is 25.8 Å². The monoisotopic (exact) mass is 348 g/mol. The highest BCUT2D eigenvalue weighted by Gasteiger charge is 2.27. The highest BCUT2D eigenvalue weighted by atomic mass is 16.5. The van der Waals surface area contributed by atoms with Crippen LogP contribution in [-0.2, 0) is 4.74 Å². The number of guanidine groups is 1. The average Bonchev–Trinajstić information content (AvgIpc) is 3.47. The maximum atomic E-state index is 5.69.